The highest BCUT2D eigenvalue weighted by atomic mass is 19.4. The summed E-state index contributed by atoms with van der Waals surface area (Å²) >= 11 is 0. The van der Waals surface area contributed by atoms with Crippen LogP contribution in [0.1, 0.15) is 57.8 Å². The standard InChI is InChI=1S/C24H30F5N5O4/c25-23(26)10-15-4-5-16(23)18(20(36)32-14(11-30)9-13-6-7-31-19(13)35)34(15)21(37)17(8-12-2-1-3-12)33-22(38)24(27,28)29/h12-18H,1-10H2,(H,31,35)(H,32,36)(H,33,38)/t13-,14+,15-,16-,17+,18+/m0/s1. The number of nitriles is 1. The minimum Gasteiger partial charge on any atom is -0.356 e. The molecule has 0 unspecified atom stereocenters. The maximum absolute atomic E-state index is 14.9. The average Bonchev–Trinajstić information content (AvgIpc) is 3.21. The number of nitrogens with zero attached hydrogens (tertiary/aromatic N) is 2. The van der Waals surface area contributed by atoms with Gasteiger partial charge in [-0.1, -0.05) is 19.3 Å². The minimum absolute atomic E-state index is 0.0504. The lowest BCUT2D eigenvalue weighted by atomic mass is 9.71. The van der Waals surface area contributed by atoms with Gasteiger partial charge in [-0.2, -0.15) is 18.4 Å². The number of halogens is 5. The van der Waals surface area contributed by atoms with E-state index in [1.807, 2.05) is 6.07 Å². The highest BCUT2D eigenvalue weighted by molar-refractivity contribution is 5.94. The number of piperidine rings is 2. The first-order valence-corrected chi connectivity index (χ1v) is 12.9. The Morgan fingerprint density at radius 3 is 2.34 bits per heavy atom. The SMILES string of the molecule is N#C[C@@H](C[C@@H]1CCNC1=O)NC(=O)[C@H]1[C@@H]2CC[C@@H](CC2(F)F)N1C(=O)[C@@H](CC1CCC1)NC(=O)C(F)(F)F. The lowest BCUT2D eigenvalue weighted by Gasteiger charge is -2.54. The summed E-state index contributed by atoms with van der Waals surface area (Å²) in [6.07, 6.45) is -3.56. The summed E-state index contributed by atoms with van der Waals surface area (Å²) in [5.74, 6) is -10.2. The number of amides is 4. The molecule has 3 saturated heterocycles. The summed E-state index contributed by atoms with van der Waals surface area (Å²) in [5.41, 5.74) is 0. The molecule has 5 aliphatic rings. The molecule has 3 N–H and O–H groups in total. The van der Waals surface area contributed by atoms with Gasteiger partial charge in [-0.05, 0) is 38.0 Å². The van der Waals surface area contributed by atoms with Crippen LogP contribution >= 0.6 is 0 Å². The van der Waals surface area contributed by atoms with E-state index in [0.717, 1.165) is 11.3 Å². The zero-order valence-corrected chi connectivity index (χ0v) is 20.5. The van der Waals surface area contributed by atoms with Crippen molar-refractivity contribution in [2.45, 2.75) is 94.1 Å². The molecular formula is C24H30F5N5O4. The molecule has 5 rings (SSSR count). The van der Waals surface area contributed by atoms with Crippen molar-refractivity contribution in [3.8, 4) is 6.07 Å². The van der Waals surface area contributed by atoms with E-state index >= 15 is 0 Å². The van der Waals surface area contributed by atoms with Crippen LogP contribution in [-0.2, 0) is 19.2 Å². The Morgan fingerprint density at radius 1 is 1.11 bits per heavy atom. The van der Waals surface area contributed by atoms with Crippen molar-refractivity contribution in [3.63, 3.8) is 0 Å². The van der Waals surface area contributed by atoms with Crippen molar-refractivity contribution in [3.05, 3.63) is 0 Å². The van der Waals surface area contributed by atoms with Crippen LogP contribution in [0.25, 0.3) is 0 Å². The smallest absolute Gasteiger partial charge is 0.356 e. The Hall–Kier alpha value is -2.98. The van der Waals surface area contributed by atoms with Crippen LogP contribution in [0.3, 0.4) is 0 Å². The molecule has 38 heavy (non-hydrogen) atoms. The number of rotatable bonds is 8. The highest BCUT2D eigenvalue weighted by Gasteiger charge is 2.61. The van der Waals surface area contributed by atoms with E-state index in [9.17, 15) is 46.4 Å². The van der Waals surface area contributed by atoms with Crippen molar-refractivity contribution in [2.75, 3.05) is 6.54 Å². The number of nitrogens with one attached hydrogen (secondary N) is 3. The van der Waals surface area contributed by atoms with Crippen LogP contribution in [-0.4, -0.2) is 71.3 Å². The largest absolute Gasteiger partial charge is 0.471 e. The van der Waals surface area contributed by atoms with Gasteiger partial charge in [-0.25, -0.2) is 8.78 Å². The number of hydrogen-bond donors (Lipinski definition) is 3. The highest BCUT2D eigenvalue weighted by Crippen LogP contribution is 2.49. The second-order valence-corrected chi connectivity index (χ2v) is 10.8. The summed E-state index contributed by atoms with van der Waals surface area (Å²) in [5, 5.41) is 16.3. The zero-order valence-electron chi connectivity index (χ0n) is 20.5. The molecule has 3 aliphatic heterocycles. The summed E-state index contributed by atoms with van der Waals surface area (Å²) in [6, 6.07) is -3.83. The van der Waals surface area contributed by atoms with E-state index in [2.05, 4.69) is 10.6 Å². The molecular weight excluding hydrogens is 517 g/mol. The van der Waals surface area contributed by atoms with Crippen LogP contribution in [0.15, 0.2) is 0 Å². The Bertz CT molecular complexity index is 1010. The molecule has 14 heteroatoms. The molecule has 2 saturated carbocycles. The number of carbonyl (C=O) groups is 4. The zero-order chi connectivity index (χ0) is 27.8. The van der Waals surface area contributed by atoms with E-state index in [1.165, 1.54) is 0 Å². The molecule has 0 aromatic rings. The van der Waals surface area contributed by atoms with Crippen molar-refractivity contribution in [2.24, 2.45) is 17.8 Å². The summed E-state index contributed by atoms with van der Waals surface area (Å²) in [4.78, 5) is 51.5. The summed E-state index contributed by atoms with van der Waals surface area (Å²) in [7, 11) is 0. The Labute approximate surface area is 215 Å². The van der Waals surface area contributed by atoms with Crippen LogP contribution in [0, 0.1) is 29.1 Å². The fourth-order valence-corrected chi connectivity index (χ4v) is 6.08. The molecule has 3 heterocycles. The quantitative estimate of drug-likeness (QED) is 0.399. The molecule has 4 amide bonds. The molecule has 5 fully saturated rings. The number of alkyl halides is 5. The van der Waals surface area contributed by atoms with Crippen molar-refractivity contribution < 1.29 is 41.1 Å². The topological polar surface area (TPSA) is 131 Å². The third kappa shape index (κ3) is 5.71. The average molecular weight is 548 g/mol. The first kappa shape index (κ1) is 28.0. The van der Waals surface area contributed by atoms with Crippen molar-refractivity contribution >= 4 is 23.6 Å². The monoisotopic (exact) mass is 547 g/mol. The summed E-state index contributed by atoms with van der Waals surface area (Å²) < 4.78 is 68.9. The predicted octanol–water partition coefficient (Wildman–Crippen LogP) is 1.77. The molecule has 0 radical (unpaired) electrons. The molecule has 0 aromatic carbocycles. The number of fused-ring (bicyclic) bond motifs is 3. The number of hydrogen-bond acceptors (Lipinski definition) is 5. The van der Waals surface area contributed by atoms with Gasteiger partial charge in [0.2, 0.25) is 17.7 Å². The van der Waals surface area contributed by atoms with E-state index in [4.69, 9.17) is 0 Å². The normalized spacial score (nSPS) is 30.0. The van der Waals surface area contributed by atoms with Crippen LogP contribution < -0.4 is 16.0 Å². The van der Waals surface area contributed by atoms with Gasteiger partial charge >= 0.3 is 12.1 Å². The Kier molecular flexibility index (Phi) is 7.86. The second-order valence-electron chi connectivity index (χ2n) is 10.8. The van der Waals surface area contributed by atoms with Gasteiger partial charge in [0.15, 0.2) is 0 Å². The Balaban J connectivity index is 1.58. The Morgan fingerprint density at radius 2 is 1.82 bits per heavy atom. The third-order valence-electron chi connectivity index (χ3n) is 8.27. The van der Waals surface area contributed by atoms with Crippen molar-refractivity contribution in [1.82, 2.24) is 20.9 Å². The van der Waals surface area contributed by atoms with E-state index in [-0.39, 0.29) is 37.5 Å². The van der Waals surface area contributed by atoms with Crippen LogP contribution in [0.4, 0.5) is 22.0 Å². The molecule has 6 atom stereocenters. The van der Waals surface area contributed by atoms with Gasteiger partial charge in [-0.15, -0.1) is 0 Å². The van der Waals surface area contributed by atoms with Gasteiger partial charge in [0.1, 0.15) is 18.1 Å². The van der Waals surface area contributed by atoms with E-state index in [0.29, 0.717) is 25.8 Å². The molecule has 9 nitrogen and oxygen atoms in total. The van der Waals surface area contributed by atoms with E-state index < -0.39 is 72.2 Å². The first-order valence-electron chi connectivity index (χ1n) is 12.9. The lowest BCUT2D eigenvalue weighted by Crippen LogP contribution is -2.71. The van der Waals surface area contributed by atoms with Gasteiger partial charge < -0.3 is 20.9 Å². The van der Waals surface area contributed by atoms with Gasteiger partial charge in [0.05, 0.1) is 12.0 Å². The summed E-state index contributed by atoms with van der Waals surface area (Å²) in [6.45, 7) is 0.405. The lowest BCUT2D eigenvalue weighted by molar-refractivity contribution is -0.196. The first-order chi connectivity index (χ1) is 17.8. The van der Waals surface area contributed by atoms with Gasteiger partial charge in [0.25, 0.3) is 5.92 Å². The van der Waals surface area contributed by atoms with E-state index in [1.54, 1.807) is 5.32 Å². The second kappa shape index (κ2) is 10.6. The number of carbonyl (C=O) groups excluding carboxylic acids is 4. The third-order valence-corrected chi connectivity index (χ3v) is 8.27. The molecule has 0 spiro atoms. The maximum Gasteiger partial charge on any atom is 0.471 e. The van der Waals surface area contributed by atoms with Gasteiger partial charge in [-0.3, -0.25) is 19.2 Å². The molecule has 210 valence electrons. The minimum atomic E-state index is -5.25. The molecule has 2 aliphatic carbocycles. The maximum atomic E-state index is 14.9. The van der Waals surface area contributed by atoms with Crippen LogP contribution in [0.2, 0.25) is 0 Å². The molecule has 2 bridgehead atoms. The molecule has 0 aromatic heterocycles. The van der Waals surface area contributed by atoms with Crippen LogP contribution in [0.5, 0.6) is 0 Å². The van der Waals surface area contributed by atoms with Crippen molar-refractivity contribution in [1.29, 1.82) is 5.26 Å². The fraction of sp³-hybridized carbons (Fsp3) is 0.792. The predicted molar refractivity (Wildman–Crippen MR) is 120 cm³/mol. The van der Waals surface area contributed by atoms with Gasteiger partial charge in [0, 0.05) is 24.9 Å². The fourth-order valence-electron chi connectivity index (χ4n) is 6.08.